The van der Waals surface area contributed by atoms with Crippen molar-refractivity contribution in [2.45, 2.75) is 33.3 Å². The summed E-state index contributed by atoms with van der Waals surface area (Å²) in [6.07, 6.45) is 3.87. The van der Waals surface area contributed by atoms with E-state index in [4.69, 9.17) is 14.2 Å². The molecule has 1 rings (SSSR count). The highest BCUT2D eigenvalue weighted by atomic mass is 16.6. The molecule has 0 heterocycles. The van der Waals surface area contributed by atoms with Crippen LogP contribution in [0.15, 0.2) is 24.3 Å². The van der Waals surface area contributed by atoms with Crippen LogP contribution in [0.2, 0.25) is 0 Å². The Morgan fingerprint density at radius 2 is 1.79 bits per heavy atom. The first-order valence-electron chi connectivity index (χ1n) is 9.63. The molecular formula is C22H34N2O5. The third-order valence-corrected chi connectivity index (χ3v) is 3.81. The van der Waals surface area contributed by atoms with Crippen molar-refractivity contribution in [3.63, 3.8) is 0 Å². The van der Waals surface area contributed by atoms with E-state index in [0.29, 0.717) is 24.6 Å². The van der Waals surface area contributed by atoms with E-state index in [1.165, 1.54) is 4.90 Å². The maximum atomic E-state index is 12.7. The van der Waals surface area contributed by atoms with Crippen molar-refractivity contribution < 1.29 is 23.8 Å². The number of esters is 1. The molecule has 0 spiro atoms. The quantitative estimate of drug-likeness (QED) is 0.557. The number of ether oxygens (including phenoxy) is 3. The van der Waals surface area contributed by atoms with Gasteiger partial charge in [0.25, 0.3) is 5.91 Å². The summed E-state index contributed by atoms with van der Waals surface area (Å²) in [7, 11) is 5.36. The van der Waals surface area contributed by atoms with Gasteiger partial charge in [-0.2, -0.15) is 0 Å². The van der Waals surface area contributed by atoms with E-state index >= 15 is 0 Å². The van der Waals surface area contributed by atoms with Crippen LogP contribution in [-0.2, 0) is 14.3 Å². The number of carbonyl (C=O) groups is 2. The normalized spacial score (nSPS) is 11.6. The fourth-order valence-electron chi connectivity index (χ4n) is 2.47. The largest absolute Gasteiger partial charge is 0.493 e. The van der Waals surface area contributed by atoms with Gasteiger partial charge in [0.15, 0.2) is 18.1 Å². The van der Waals surface area contributed by atoms with Gasteiger partial charge in [-0.15, -0.1) is 0 Å². The van der Waals surface area contributed by atoms with Gasteiger partial charge in [0.1, 0.15) is 12.1 Å². The first kappa shape index (κ1) is 24.5. The van der Waals surface area contributed by atoms with Gasteiger partial charge < -0.3 is 24.0 Å². The van der Waals surface area contributed by atoms with E-state index in [1.807, 2.05) is 50.2 Å². The molecule has 0 saturated carbocycles. The molecule has 7 heteroatoms. The van der Waals surface area contributed by atoms with Crippen molar-refractivity contribution in [1.29, 1.82) is 0 Å². The van der Waals surface area contributed by atoms with Crippen molar-refractivity contribution in [1.82, 2.24) is 9.80 Å². The second-order valence-corrected chi connectivity index (χ2v) is 7.90. The van der Waals surface area contributed by atoms with Gasteiger partial charge in [-0.3, -0.25) is 9.59 Å². The van der Waals surface area contributed by atoms with E-state index < -0.39 is 11.6 Å². The second kappa shape index (κ2) is 11.5. The number of benzene rings is 1. The maximum Gasteiger partial charge on any atom is 0.326 e. The molecule has 1 aromatic rings. The lowest BCUT2D eigenvalue weighted by Crippen LogP contribution is -2.43. The number of rotatable bonds is 10. The number of nitrogens with zero attached hydrogens (tertiary/aromatic N) is 2. The summed E-state index contributed by atoms with van der Waals surface area (Å²) in [5, 5.41) is 0. The summed E-state index contributed by atoms with van der Waals surface area (Å²) in [6, 6.07) is 5.48. The minimum atomic E-state index is -0.605. The Morgan fingerprint density at radius 1 is 1.10 bits per heavy atom. The molecule has 0 atom stereocenters. The number of hydrogen-bond acceptors (Lipinski definition) is 6. The molecule has 29 heavy (non-hydrogen) atoms. The number of methoxy groups -OCH3 is 1. The lowest BCUT2D eigenvalue weighted by molar-refractivity contribution is -0.159. The smallest absolute Gasteiger partial charge is 0.326 e. The van der Waals surface area contributed by atoms with E-state index in [1.54, 1.807) is 33.9 Å². The summed E-state index contributed by atoms with van der Waals surface area (Å²) in [4.78, 5) is 28.3. The van der Waals surface area contributed by atoms with Gasteiger partial charge in [-0.05, 0) is 59.5 Å². The Bertz CT molecular complexity index is 708. The van der Waals surface area contributed by atoms with Gasteiger partial charge in [-0.25, -0.2) is 0 Å². The molecule has 0 unspecified atom stereocenters. The minimum absolute atomic E-state index is 0.120. The molecule has 0 aliphatic rings. The predicted molar refractivity (Wildman–Crippen MR) is 114 cm³/mol. The Balaban J connectivity index is 2.82. The first-order chi connectivity index (χ1) is 13.6. The van der Waals surface area contributed by atoms with Crippen LogP contribution in [0.4, 0.5) is 0 Å². The lowest BCUT2D eigenvalue weighted by Gasteiger charge is -2.26. The summed E-state index contributed by atoms with van der Waals surface area (Å²) in [6.45, 7) is 8.02. The zero-order valence-corrected chi connectivity index (χ0v) is 18.7. The Morgan fingerprint density at radius 3 is 2.34 bits per heavy atom. The Hall–Kier alpha value is -2.54. The summed E-state index contributed by atoms with van der Waals surface area (Å²) in [5.74, 6) is 0.273. The molecule has 0 aromatic heterocycles. The van der Waals surface area contributed by atoms with Gasteiger partial charge in [-0.1, -0.05) is 18.2 Å². The number of allylic oxidation sites excluding steroid dienone is 1. The highest BCUT2D eigenvalue weighted by Crippen LogP contribution is 2.28. The second-order valence-electron chi connectivity index (χ2n) is 7.90. The van der Waals surface area contributed by atoms with Crippen molar-refractivity contribution in [2.75, 3.05) is 47.4 Å². The highest BCUT2D eigenvalue weighted by molar-refractivity contribution is 5.83. The Kier molecular flexibility index (Phi) is 9.68. The fourth-order valence-corrected chi connectivity index (χ4v) is 2.47. The van der Waals surface area contributed by atoms with Crippen LogP contribution >= 0.6 is 0 Å². The van der Waals surface area contributed by atoms with Crippen LogP contribution in [0.5, 0.6) is 11.5 Å². The standard InChI is InChI=1S/C22H34N2O5/c1-8-9-17-10-11-18(19(14-17)27-7)28-16-20(25)24(13-12-23(5)6)15-21(26)29-22(2,3)4/h8-11,14H,12-13,15-16H2,1-7H3/b9-8+. The fraction of sp³-hybridized carbons (Fsp3) is 0.545. The monoisotopic (exact) mass is 406 g/mol. The van der Waals surface area contributed by atoms with Crippen molar-refractivity contribution in [2.24, 2.45) is 0 Å². The predicted octanol–water partition coefficient (Wildman–Crippen LogP) is 2.84. The van der Waals surface area contributed by atoms with Crippen molar-refractivity contribution in [3.8, 4) is 11.5 Å². The lowest BCUT2D eigenvalue weighted by atomic mass is 10.2. The van der Waals surface area contributed by atoms with Crippen LogP contribution in [0.1, 0.15) is 33.3 Å². The van der Waals surface area contributed by atoms with Gasteiger partial charge in [0, 0.05) is 13.1 Å². The maximum absolute atomic E-state index is 12.7. The van der Waals surface area contributed by atoms with Gasteiger partial charge >= 0.3 is 5.97 Å². The van der Waals surface area contributed by atoms with Gasteiger partial charge in [0.2, 0.25) is 0 Å². The molecule has 0 aliphatic heterocycles. The SMILES string of the molecule is C/C=C/c1ccc(OCC(=O)N(CCN(C)C)CC(=O)OC(C)(C)C)c(OC)c1. The van der Waals surface area contributed by atoms with Crippen molar-refractivity contribution >= 4 is 18.0 Å². The minimum Gasteiger partial charge on any atom is -0.493 e. The van der Waals surface area contributed by atoms with E-state index in [-0.39, 0.29) is 19.1 Å². The van der Waals surface area contributed by atoms with E-state index in [2.05, 4.69) is 0 Å². The molecule has 1 amide bonds. The van der Waals surface area contributed by atoms with E-state index in [9.17, 15) is 9.59 Å². The highest BCUT2D eigenvalue weighted by Gasteiger charge is 2.23. The summed E-state index contributed by atoms with van der Waals surface area (Å²) in [5.41, 5.74) is 0.367. The van der Waals surface area contributed by atoms with Crippen LogP contribution in [0.3, 0.4) is 0 Å². The molecule has 1 aromatic carbocycles. The first-order valence-corrected chi connectivity index (χ1v) is 9.63. The third-order valence-electron chi connectivity index (χ3n) is 3.81. The molecule has 0 aliphatic carbocycles. The number of amides is 1. The zero-order valence-electron chi connectivity index (χ0n) is 18.7. The zero-order chi connectivity index (χ0) is 22.0. The number of hydrogen-bond donors (Lipinski definition) is 0. The molecule has 7 nitrogen and oxygen atoms in total. The molecule has 162 valence electrons. The third kappa shape index (κ3) is 9.47. The van der Waals surface area contributed by atoms with Crippen LogP contribution in [0.25, 0.3) is 6.08 Å². The topological polar surface area (TPSA) is 68.3 Å². The molecule has 0 N–H and O–H groups in total. The van der Waals surface area contributed by atoms with Crippen molar-refractivity contribution in [3.05, 3.63) is 29.8 Å². The van der Waals surface area contributed by atoms with E-state index in [0.717, 1.165) is 5.56 Å². The molecule has 0 bridgehead atoms. The van der Waals surface area contributed by atoms with Crippen LogP contribution < -0.4 is 9.47 Å². The summed E-state index contributed by atoms with van der Waals surface area (Å²) < 4.78 is 16.4. The molecular weight excluding hydrogens is 372 g/mol. The average molecular weight is 407 g/mol. The van der Waals surface area contributed by atoms with Gasteiger partial charge in [0.05, 0.1) is 7.11 Å². The Labute approximate surface area is 174 Å². The number of carbonyl (C=O) groups excluding carboxylic acids is 2. The van der Waals surface area contributed by atoms with Crippen LogP contribution in [0, 0.1) is 0 Å². The molecule has 0 fully saturated rings. The summed E-state index contributed by atoms with van der Waals surface area (Å²) >= 11 is 0. The molecule has 0 saturated heterocycles. The molecule has 0 radical (unpaired) electrons. The van der Waals surface area contributed by atoms with Crippen LogP contribution in [-0.4, -0.2) is 74.7 Å². The average Bonchev–Trinajstić information content (AvgIpc) is 2.62. The number of likely N-dealkylation sites (N-methyl/N-ethyl adjacent to an activating group) is 1.